The van der Waals surface area contributed by atoms with Crippen LogP contribution in [-0.2, 0) is 9.53 Å². The van der Waals surface area contributed by atoms with Crippen LogP contribution in [0.5, 0.6) is 0 Å². The Morgan fingerprint density at radius 1 is 1.15 bits per heavy atom. The summed E-state index contributed by atoms with van der Waals surface area (Å²) in [5, 5.41) is 7.87. The summed E-state index contributed by atoms with van der Waals surface area (Å²) in [6.07, 6.45) is 0. The normalized spacial score (nSPS) is 21.3. The molecule has 108 valence electrons. The minimum absolute atomic E-state index is 0.151. The van der Waals surface area contributed by atoms with Crippen LogP contribution in [0, 0.1) is 5.92 Å². The monoisotopic (exact) mass is 278 g/mol. The number of nitrogens with one attached hydrogen (secondary N) is 3. The third-order valence-corrected chi connectivity index (χ3v) is 3.10. The van der Waals surface area contributed by atoms with Gasteiger partial charge >= 0.3 is 6.03 Å². The van der Waals surface area contributed by atoms with Crippen LogP contribution in [0.1, 0.15) is 0 Å². The van der Waals surface area contributed by atoms with Gasteiger partial charge in [0.05, 0.1) is 19.1 Å². The van der Waals surface area contributed by atoms with Crippen LogP contribution in [0.4, 0.5) is 16.2 Å². The number of hydrogen-bond acceptors (Lipinski definition) is 4. The van der Waals surface area contributed by atoms with E-state index >= 15 is 0 Å². The highest BCUT2D eigenvalue weighted by Gasteiger charge is 2.31. The molecule has 0 saturated carbocycles. The summed E-state index contributed by atoms with van der Waals surface area (Å²) in [6.45, 7) is 0.760. The average Bonchev–Trinajstić information content (AvgIpc) is 2.87. The molecule has 1 aliphatic rings. The molecule has 1 aromatic rings. The van der Waals surface area contributed by atoms with Crippen molar-refractivity contribution < 1.29 is 14.3 Å². The molecule has 0 spiro atoms. The van der Waals surface area contributed by atoms with Crippen molar-refractivity contribution in [2.45, 2.75) is 6.04 Å². The van der Waals surface area contributed by atoms with Gasteiger partial charge in [-0.05, 0) is 24.3 Å². The van der Waals surface area contributed by atoms with E-state index in [9.17, 15) is 9.59 Å². The molecule has 1 heterocycles. The lowest BCUT2D eigenvalue weighted by Gasteiger charge is -2.13. The fourth-order valence-electron chi connectivity index (χ4n) is 1.91. The molecule has 1 aliphatic heterocycles. The number of nitrogens with two attached hydrogens (primary N) is 1. The number of ether oxygens (including phenoxy) is 1. The van der Waals surface area contributed by atoms with E-state index in [4.69, 9.17) is 10.5 Å². The lowest BCUT2D eigenvalue weighted by atomic mass is 10.0. The Morgan fingerprint density at radius 2 is 1.75 bits per heavy atom. The largest absolute Gasteiger partial charge is 0.379 e. The quantitative estimate of drug-likeness (QED) is 0.640. The Balaban J connectivity index is 1.93. The van der Waals surface area contributed by atoms with E-state index in [-0.39, 0.29) is 23.9 Å². The van der Waals surface area contributed by atoms with Gasteiger partial charge in [-0.1, -0.05) is 0 Å². The summed E-state index contributed by atoms with van der Waals surface area (Å²) >= 11 is 0. The SMILES string of the molecule is CNC(=O)Nc1ccc(NC(=O)C2COCC2N)cc1. The van der Waals surface area contributed by atoms with Crippen molar-refractivity contribution in [2.24, 2.45) is 11.7 Å². The van der Waals surface area contributed by atoms with E-state index in [1.165, 1.54) is 7.05 Å². The third kappa shape index (κ3) is 3.46. The molecular weight excluding hydrogens is 260 g/mol. The van der Waals surface area contributed by atoms with Gasteiger partial charge in [0.2, 0.25) is 5.91 Å². The highest BCUT2D eigenvalue weighted by atomic mass is 16.5. The third-order valence-electron chi connectivity index (χ3n) is 3.10. The van der Waals surface area contributed by atoms with Gasteiger partial charge in [0, 0.05) is 24.5 Å². The molecule has 0 radical (unpaired) electrons. The molecule has 5 N–H and O–H groups in total. The van der Waals surface area contributed by atoms with Gasteiger partial charge in [0.15, 0.2) is 0 Å². The Labute approximate surface area is 116 Å². The zero-order chi connectivity index (χ0) is 14.5. The molecule has 2 rings (SSSR count). The maximum Gasteiger partial charge on any atom is 0.318 e. The second-order valence-electron chi connectivity index (χ2n) is 4.58. The predicted molar refractivity (Wildman–Crippen MR) is 75.4 cm³/mol. The van der Waals surface area contributed by atoms with Crippen molar-refractivity contribution in [1.29, 1.82) is 0 Å². The summed E-state index contributed by atoms with van der Waals surface area (Å²) in [7, 11) is 1.54. The molecular formula is C13H18N4O3. The predicted octanol–water partition coefficient (Wildman–Crippen LogP) is 0.350. The molecule has 1 aromatic carbocycles. The number of anilines is 2. The Bertz CT molecular complexity index is 489. The first-order valence-corrected chi connectivity index (χ1v) is 6.33. The first-order valence-electron chi connectivity index (χ1n) is 6.33. The molecule has 0 aromatic heterocycles. The molecule has 2 atom stereocenters. The van der Waals surface area contributed by atoms with E-state index in [0.29, 0.717) is 24.6 Å². The molecule has 2 unspecified atom stereocenters. The number of benzene rings is 1. The zero-order valence-electron chi connectivity index (χ0n) is 11.2. The number of carbonyl (C=O) groups excluding carboxylic acids is 2. The van der Waals surface area contributed by atoms with E-state index in [0.717, 1.165) is 0 Å². The lowest BCUT2D eigenvalue weighted by Crippen LogP contribution is -2.37. The Kier molecular flexibility index (Phi) is 4.54. The summed E-state index contributed by atoms with van der Waals surface area (Å²) in [4.78, 5) is 23.1. The number of urea groups is 1. The molecule has 1 fully saturated rings. The number of hydrogen-bond donors (Lipinski definition) is 4. The topological polar surface area (TPSA) is 105 Å². The van der Waals surface area contributed by atoms with Crippen molar-refractivity contribution in [3.63, 3.8) is 0 Å². The van der Waals surface area contributed by atoms with Gasteiger partial charge in [-0.3, -0.25) is 4.79 Å². The van der Waals surface area contributed by atoms with Crippen LogP contribution in [0.15, 0.2) is 24.3 Å². The molecule has 3 amide bonds. The molecule has 1 saturated heterocycles. The highest BCUT2D eigenvalue weighted by Crippen LogP contribution is 2.17. The van der Waals surface area contributed by atoms with Crippen molar-refractivity contribution in [1.82, 2.24) is 5.32 Å². The Hall–Kier alpha value is -2.12. The van der Waals surface area contributed by atoms with Crippen LogP contribution in [0.25, 0.3) is 0 Å². The minimum Gasteiger partial charge on any atom is -0.379 e. The summed E-state index contributed by atoms with van der Waals surface area (Å²) in [6, 6.07) is 6.28. The minimum atomic E-state index is -0.321. The van der Waals surface area contributed by atoms with E-state index in [2.05, 4.69) is 16.0 Å². The fourth-order valence-corrected chi connectivity index (χ4v) is 1.91. The van der Waals surface area contributed by atoms with Crippen LogP contribution >= 0.6 is 0 Å². The van der Waals surface area contributed by atoms with Gasteiger partial charge in [-0.25, -0.2) is 4.79 Å². The lowest BCUT2D eigenvalue weighted by molar-refractivity contribution is -0.120. The average molecular weight is 278 g/mol. The molecule has 0 bridgehead atoms. The van der Waals surface area contributed by atoms with Crippen molar-refractivity contribution in [2.75, 3.05) is 30.9 Å². The highest BCUT2D eigenvalue weighted by molar-refractivity contribution is 5.94. The molecule has 0 aliphatic carbocycles. The van der Waals surface area contributed by atoms with E-state index in [1.54, 1.807) is 24.3 Å². The molecule has 20 heavy (non-hydrogen) atoms. The number of amides is 3. The van der Waals surface area contributed by atoms with Crippen molar-refractivity contribution >= 4 is 23.3 Å². The molecule has 7 heteroatoms. The maximum absolute atomic E-state index is 12.0. The van der Waals surface area contributed by atoms with Crippen LogP contribution in [0.3, 0.4) is 0 Å². The van der Waals surface area contributed by atoms with Gasteiger partial charge in [0.25, 0.3) is 0 Å². The van der Waals surface area contributed by atoms with Gasteiger partial charge in [0.1, 0.15) is 0 Å². The summed E-state index contributed by atoms with van der Waals surface area (Å²) in [5.41, 5.74) is 7.08. The second kappa shape index (κ2) is 6.36. The molecule has 7 nitrogen and oxygen atoms in total. The van der Waals surface area contributed by atoms with E-state index < -0.39 is 0 Å². The van der Waals surface area contributed by atoms with E-state index in [1.807, 2.05) is 0 Å². The van der Waals surface area contributed by atoms with Gasteiger partial charge in [-0.15, -0.1) is 0 Å². The maximum atomic E-state index is 12.0. The first-order chi connectivity index (χ1) is 9.60. The van der Waals surface area contributed by atoms with Crippen LogP contribution in [0.2, 0.25) is 0 Å². The second-order valence-corrected chi connectivity index (χ2v) is 4.58. The van der Waals surface area contributed by atoms with Gasteiger partial charge in [-0.2, -0.15) is 0 Å². The smallest absolute Gasteiger partial charge is 0.318 e. The van der Waals surface area contributed by atoms with Crippen molar-refractivity contribution in [3.8, 4) is 0 Å². The first kappa shape index (κ1) is 14.3. The Morgan fingerprint density at radius 3 is 2.25 bits per heavy atom. The van der Waals surface area contributed by atoms with Crippen molar-refractivity contribution in [3.05, 3.63) is 24.3 Å². The fraction of sp³-hybridized carbons (Fsp3) is 0.385. The number of carbonyl (C=O) groups is 2. The van der Waals surface area contributed by atoms with Crippen LogP contribution < -0.4 is 21.7 Å². The summed E-state index contributed by atoms with van der Waals surface area (Å²) < 4.78 is 5.16. The zero-order valence-corrected chi connectivity index (χ0v) is 11.2. The number of rotatable bonds is 3. The van der Waals surface area contributed by atoms with Crippen LogP contribution in [-0.4, -0.2) is 38.2 Å². The summed E-state index contributed by atoms with van der Waals surface area (Å²) in [5.74, 6) is -0.472. The standard InChI is InChI=1S/C13H18N4O3/c1-15-13(19)17-9-4-2-8(3-5-9)16-12(18)10-6-20-7-11(10)14/h2-5,10-11H,6-7,14H2,1H3,(H,16,18)(H2,15,17,19). The van der Waals surface area contributed by atoms with Gasteiger partial charge < -0.3 is 26.4 Å².